The van der Waals surface area contributed by atoms with Crippen molar-refractivity contribution < 1.29 is 9.53 Å². The van der Waals surface area contributed by atoms with Gasteiger partial charge in [0.25, 0.3) is 0 Å². The van der Waals surface area contributed by atoms with Crippen LogP contribution in [-0.2, 0) is 11.8 Å². The molecule has 90 valence electrons. The van der Waals surface area contributed by atoms with Crippen LogP contribution >= 0.6 is 0 Å². The number of aryl methyl sites for hydroxylation is 3. The summed E-state index contributed by atoms with van der Waals surface area (Å²) in [6.07, 6.45) is 1.78. The molecule has 0 fully saturated rings. The molecule has 2 aromatic rings. The van der Waals surface area contributed by atoms with Crippen molar-refractivity contribution in [3.8, 4) is 5.75 Å². The van der Waals surface area contributed by atoms with Gasteiger partial charge >= 0.3 is 5.97 Å². The SMILES string of the molecule is CC(=O)Oc1c(C)c(C)c2c(ncn2C)c1C. The summed E-state index contributed by atoms with van der Waals surface area (Å²) in [5.74, 6) is 0.340. The first-order valence-electron chi connectivity index (χ1n) is 5.52. The average molecular weight is 232 g/mol. The Morgan fingerprint density at radius 1 is 1.24 bits per heavy atom. The van der Waals surface area contributed by atoms with Crippen LogP contribution in [0.3, 0.4) is 0 Å². The first-order valence-corrected chi connectivity index (χ1v) is 5.52. The standard InChI is InChI=1S/C13H16N2O2/c1-7-8(2)13(17-10(4)16)9(3)11-12(7)15(5)6-14-11/h6H,1-5H3. The number of carbonyl (C=O) groups is 1. The predicted molar refractivity (Wildman–Crippen MR) is 66.2 cm³/mol. The van der Waals surface area contributed by atoms with Crippen molar-refractivity contribution in [1.82, 2.24) is 9.55 Å². The van der Waals surface area contributed by atoms with Gasteiger partial charge < -0.3 is 9.30 Å². The molecule has 0 saturated heterocycles. The number of aromatic nitrogens is 2. The first-order chi connectivity index (χ1) is 7.93. The van der Waals surface area contributed by atoms with Gasteiger partial charge in [-0.1, -0.05) is 0 Å². The Kier molecular flexibility index (Phi) is 2.65. The fourth-order valence-corrected chi connectivity index (χ4v) is 2.18. The van der Waals surface area contributed by atoms with Gasteiger partial charge in [0.2, 0.25) is 0 Å². The summed E-state index contributed by atoms with van der Waals surface area (Å²) in [6.45, 7) is 7.33. The van der Waals surface area contributed by atoms with Gasteiger partial charge in [0.15, 0.2) is 0 Å². The van der Waals surface area contributed by atoms with Crippen molar-refractivity contribution in [3.05, 3.63) is 23.0 Å². The van der Waals surface area contributed by atoms with Crippen molar-refractivity contribution in [2.24, 2.45) is 7.05 Å². The van der Waals surface area contributed by atoms with Gasteiger partial charge in [-0.25, -0.2) is 4.98 Å². The van der Waals surface area contributed by atoms with E-state index >= 15 is 0 Å². The average Bonchev–Trinajstić information content (AvgIpc) is 2.63. The van der Waals surface area contributed by atoms with Crippen LogP contribution in [0.2, 0.25) is 0 Å². The lowest BCUT2D eigenvalue weighted by molar-refractivity contribution is -0.131. The lowest BCUT2D eigenvalue weighted by Crippen LogP contribution is -2.06. The summed E-state index contributed by atoms with van der Waals surface area (Å²) in [7, 11) is 1.96. The van der Waals surface area contributed by atoms with Crippen LogP contribution in [0.5, 0.6) is 5.75 Å². The van der Waals surface area contributed by atoms with Crippen LogP contribution in [0.15, 0.2) is 6.33 Å². The van der Waals surface area contributed by atoms with Gasteiger partial charge in [0, 0.05) is 19.5 Å². The van der Waals surface area contributed by atoms with E-state index in [2.05, 4.69) is 4.98 Å². The molecule has 0 spiro atoms. The summed E-state index contributed by atoms with van der Waals surface area (Å²) in [5, 5.41) is 0. The molecule has 0 aliphatic rings. The summed E-state index contributed by atoms with van der Waals surface area (Å²) in [5.41, 5.74) is 5.00. The third-order valence-electron chi connectivity index (χ3n) is 3.14. The maximum Gasteiger partial charge on any atom is 0.308 e. The molecule has 0 N–H and O–H groups in total. The number of fused-ring (bicyclic) bond motifs is 1. The molecule has 0 radical (unpaired) electrons. The molecule has 1 aromatic carbocycles. The van der Waals surface area contributed by atoms with Gasteiger partial charge in [-0.3, -0.25) is 4.79 Å². The van der Waals surface area contributed by atoms with Gasteiger partial charge in [0.05, 0.1) is 17.4 Å². The highest BCUT2D eigenvalue weighted by Gasteiger charge is 2.17. The Morgan fingerprint density at radius 2 is 1.88 bits per heavy atom. The molecule has 1 aromatic heterocycles. The minimum absolute atomic E-state index is 0.300. The summed E-state index contributed by atoms with van der Waals surface area (Å²) in [6, 6.07) is 0. The Hall–Kier alpha value is -1.84. The molecule has 0 unspecified atom stereocenters. The topological polar surface area (TPSA) is 44.1 Å². The van der Waals surface area contributed by atoms with E-state index in [4.69, 9.17) is 4.74 Å². The van der Waals surface area contributed by atoms with E-state index in [9.17, 15) is 4.79 Å². The predicted octanol–water partition coefficient (Wildman–Crippen LogP) is 2.42. The summed E-state index contributed by atoms with van der Waals surface area (Å²) < 4.78 is 7.27. The molecule has 2 rings (SSSR count). The zero-order valence-electron chi connectivity index (χ0n) is 10.8. The maximum absolute atomic E-state index is 11.1. The van der Waals surface area contributed by atoms with E-state index in [0.29, 0.717) is 5.75 Å². The van der Waals surface area contributed by atoms with Crippen molar-refractivity contribution in [2.45, 2.75) is 27.7 Å². The molecule has 17 heavy (non-hydrogen) atoms. The zero-order valence-corrected chi connectivity index (χ0v) is 10.8. The minimum atomic E-state index is -0.300. The molecule has 0 saturated carbocycles. The molecule has 0 amide bonds. The second kappa shape index (κ2) is 3.87. The van der Waals surface area contributed by atoms with Crippen LogP contribution in [0, 0.1) is 20.8 Å². The van der Waals surface area contributed by atoms with Gasteiger partial charge in [-0.05, 0) is 31.9 Å². The number of carbonyl (C=O) groups excluding carboxylic acids is 1. The Bertz CT molecular complexity index is 612. The fraction of sp³-hybridized carbons (Fsp3) is 0.385. The summed E-state index contributed by atoms with van der Waals surface area (Å²) >= 11 is 0. The van der Waals surface area contributed by atoms with E-state index in [1.54, 1.807) is 6.33 Å². The third kappa shape index (κ3) is 1.69. The van der Waals surface area contributed by atoms with Crippen LogP contribution in [0.1, 0.15) is 23.6 Å². The lowest BCUT2D eigenvalue weighted by Gasteiger charge is -2.13. The molecule has 0 atom stereocenters. The number of imidazole rings is 1. The molecular formula is C13H16N2O2. The van der Waals surface area contributed by atoms with Crippen LogP contribution < -0.4 is 4.74 Å². The van der Waals surface area contributed by atoms with Crippen molar-refractivity contribution in [3.63, 3.8) is 0 Å². The first kappa shape index (κ1) is 11.6. The van der Waals surface area contributed by atoms with Gasteiger partial charge in [-0.15, -0.1) is 0 Å². The van der Waals surface area contributed by atoms with Gasteiger partial charge in [0.1, 0.15) is 5.75 Å². The minimum Gasteiger partial charge on any atom is -0.426 e. The van der Waals surface area contributed by atoms with E-state index in [0.717, 1.165) is 27.7 Å². The molecule has 4 heteroatoms. The fourth-order valence-electron chi connectivity index (χ4n) is 2.18. The Balaban J connectivity index is 2.82. The van der Waals surface area contributed by atoms with Gasteiger partial charge in [-0.2, -0.15) is 0 Å². The number of hydrogen-bond donors (Lipinski definition) is 0. The second-order valence-corrected chi connectivity index (χ2v) is 4.35. The molecular weight excluding hydrogens is 216 g/mol. The maximum atomic E-state index is 11.1. The van der Waals surface area contributed by atoms with Crippen LogP contribution in [0.25, 0.3) is 11.0 Å². The third-order valence-corrected chi connectivity index (χ3v) is 3.14. The molecule has 0 bridgehead atoms. The quantitative estimate of drug-likeness (QED) is 0.560. The van der Waals surface area contributed by atoms with E-state index in [1.165, 1.54) is 6.92 Å². The number of esters is 1. The molecule has 4 nitrogen and oxygen atoms in total. The highest BCUT2D eigenvalue weighted by atomic mass is 16.5. The molecule has 1 heterocycles. The van der Waals surface area contributed by atoms with E-state index < -0.39 is 0 Å². The van der Waals surface area contributed by atoms with Crippen molar-refractivity contribution >= 4 is 17.0 Å². The number of rotatable bonds is 1. The van der Waals surface area contributed by atoms with Crippen LogP contribution in [0.4, 0.5) is 0 Å². The highest BCUT2D eigenvalue weighted by molar-refractivity contribution is 5.87. The Morgan fingerprint density at radius 3 is 2.47 bits per heavy atom. The number of hydrogen-bond acceptors (Lipinski definition) is 3. The normalized spacial score (nSPS) is 10.9. The largest absolute Gasteiger partial charge is 0.426 e. The molecule has 0 aliphatic heterocycles. The van der Waals surface area contributed by atoms with Crippen molar-refractivity contribution in [2.75, 3.05) is 0 Å². The van der Waals surface area contributed by atoms with Crippen LogP contribution in [-0.4, -0.2) is 15.5 Å². The monoisotopic (exact) mass is 232 g/mol. The Labute approximate surface area is 100 Å². The second-order valence-electron chi connectivity index (χ2n) is 4.35. The van der Waals surface area contributed by atoms with E-state index in [1.807, 2.05) is 32.4 Å². The van der Waals surface area contributed by atoms with E-state index in [-0.39, 0.29) is 5.97 Å². The number of benzene rings is 1. The van der Waals surface area contributed by atoms with Crippen molar-refractivity contribution in [1.29, 1.82) is 0 Å². The smallest absolute Gasteiger partial charge is 0.308 e. The zero-order chi connectivity index (χ0) is 12.7. The molecule has 0 aliphatic carbocycles. The summed E-state index contributed by atoms with van der Waals surface area (Å²) in [4.78, 5) is 15.5. The highest BCUT2D eigenvalue weighted by Crippen LogP contribution is 2.33. The number of ether oxygens (including phenoxy) is 1. The lowest BCUT2D eigenvalue weighted by atomic mass is 10.0. The number of nitrogens with zero attached hydrogens (tertiary/aromatic N) is 2.